The third-order valence-electron chi connectivity index (χ3n) is 2.94. The molecule has 1 heterocycles. The second-order valence-corrected chi connectivity index (χ2v) is 5.66. The van der Waals surface area contributed by atoms with Crippen molar-refractivity contribution in [3.63, 3.8) is 0 Å². The van der Waals surface area contributed by atoms with Crippen LogP contribution in [0.25, 0.3) is 11.3 Å². The highest BCUT2D eigenvalue weighted by molar-refractivity contribution is 7.06. The van der Waals surface area contributed by atoms with E-state index in [0.717, 1.165) is 6.42 Å². The van der Waals surface area contributed by atoms with Crippen molar-refractivity contribution in [3.05, 3.63) is 39.7 Å². The van der Waals surface area contributed by atoms with E-state index in [2.05, 4.69) is 4.37 Å². The van der Waals surface area contributed by atoms with Gasteiger partial charge in [0.15, 0.2) is 0 Å². The Morgan fingerprint density at radius 1 is 1.20 bits per heavy atom. The van der Waals surface area contributed by atoms with Crippen LogP contribution in [0.5, 0.6) is 0 Å². The van der Waals surface area contributed by atoms with Crippen LogP contribution in [0.15, 0.2) is 24.3 Å². The Kier molecular flexibility index (Phi) is 4.70. The molecule has 1 nitrogen and oxygen atoms in total. The highest BCUT2D eigenvalue weighted by Gasteiger charge is 2.37. The number of hydrogen-bond acceptors (Lipinski definition) is 2. The highest BCUT2D eigenvalue weighted by atomic mass is 35.5. The molecule has 2 aromatic rings. The third kappa shape index (κ3) is 3.33. The monoisotopic (exact) mass is 319 g/mol. The normalized spacial score (nSPS) is 11.8. The van der Waals surface area contributed by atoms with Crippen molar-refractivity contribution in [2.75, 3.05) is 0 Å². The number of benzene rings is 1. The Morgan fingerprint density at radius 2 is 1.85 bits per heavy atom. The molecule has 0 saturated carbocycles. The van der Waals surface area contributed by atoms with Crippen LogP contribution >= 0.6 is 23.1 Å². The molecule has 1 aromatic heterocycles. The second kappa shape index (κ2) is 6.14. The van der Waals surface area contributed by atoms with Crippen molar-refractivity contribution in [1.82, 2.24) is 4.37 Å². The van der Waals surface area contributed by atoms with Gasteiger partial charge in [0.25, 0.3) is 0 Å². The van der Waals surface area contributed by atoms with Gasteiger partial charge < -0.3 is 0 Å². The van der Waals surface area contributed by atoms with Crippen molar-refractivity contribution >= 4 is 23.1 Å². The van der Waals surface area contributed by atoms with Gasteiger partial charge in [0, 0.05) is 16.1 Å². The molecule has 0 amide bonds. The van der Waals surface area contributed by atoms with Gasteiger partial charge in [-0.25, -0.2) is 0 Å². The van der Waals surface area contributed by atoms with Gasteiger partial charge in [0.1, 0.15) is 4.88 Å². The molecule has 0 atom stereocenters. The van der Waals surface area contributed by atoms with Crippen LogP contribution < -0.4 is 0 Å². The smallest absolute Gasteiger partial charge is 0.192 e. The van der Waals surface area contributed by atoms with Gasteiger partial charge in [0.2, 0.25) is 0 Å². The first-order valence-corrected chi connectivity index (χ1v) is 7.40. The van der Waals surface area contributed by atoms with E-state index < -0.39 is 11.1 Å². The molecule has 0 radical (unpaired) electrons. The van der Waals surface area contributed by atoms with E-state index in [-0.39, 0.29) is 0 Å². The predicted octanol–water partition coefficient (Wildman–Crippen LogP) is 5.82. The van der Waals surface area contributed by atoms with E-state index in [1.165, 1.54) is 0 Å². The fourth-order valence-corrected chi connectivity index (χ4v) is 2.89. The van der Waals surface area contributed by atoms with Gasteiger partial charge in [0.05, 0.1) is 5.69 Å². The Morgan fingerprint density at radius 3 is 2.40 bits per heavy atom. The number of alkyl halides is 3. The van der Waals surface area contributed by atoms with E-state index in [9.17, 15) is 13.2 Å². The Balaban J connectivity index is 2.47. The Labute approximate surface area is 124 Å². The third-order valence-corrected chi connectivity index (χ3v) is 4.13. The minimum absolute atomic E-state index is 0.298. The van der Waals surface area contributed by atoms with Gasteiger partial charge in [-0.15, -0.1) is 0 Å². The lowest BCUT2D eigenvalue weighted by Crippen LogP contribution is -2.06. The molecule has 108 valence electrons. The van der Waals surface area contributed by atoms with Crippen molar-refractivity contribution < 1.29 is 13.2 Å². The maximum absolute atomic E-state index is 13.0. The van der Waals surface area contributed by atoms with Crippen molar-refractivity contribution in [3.8, 4) is 11.3 Å². The number of rotatable bonds is 4. The molecule has 0 N–H and O–H groups in total. The molecule has 0 aliphatic heterocycles. The van der Waals surface area contributed by atoms with Gasteiger partial charge in [-0.2, -0.15) is 17.5 Å². The molecule has 20 heavy (non-hydrogen) atoms. The predicted molar refractivity (Wildman–Crippen MR) is 76.2 cm³/mol. The van der Waals surface area contributed by atoms with Gasteiger partial charge in [-0.3, -0.25) is 0 Å². The molecule has 0 fully saturated rings. The van der Waals surface area contributed by atoms with Crippen molar-refractivity contribution in [1.29, 1.82) is 0 Å². The lowest BCUT2D eigenvalue weighted by Gasteiger charge is -2.08. The number of halogens is 4. The summed E-state index contributed by atoms with van der Waals surface area (Å²) in [6.45, 7) is 1.95. The summed E-state index contributed by atoms with van der Waals surface area (Å²) >= 11 is 6.33. The summed E-state index contributed by atoms with van der Waals surface area (Å²) in [6, 6.07) is 6.72. The van der Waals surface area contributed by atoms with E-state index in [4.69, 9.17) is 11.6 Å². The number of hydrogen-bond donors (Lipinski definition) is 0. The molecule has 0 aliphatic rings. The Hall–Kier alpha value is -1.07. The average molecular weight is 320 g/mol. The van der Waals surface area contributed by atoms with E-state index in [1.807, 2.05) is 6.92 Å². The molecule has 1 aromatic carbocycles. The molecule has 0 saturated heterocycles. The maximum Gasteiger partial charge on any atom is 0.427 e. The fourth-order valence-electron chi connectivity index (χ4n) is 1.95. The Bertz CT molecular complexity index is 575. The van der Waals surface area contributed by atoms with Crippen LogP contribution in [-0.2, 0) is 12.6 Å². The molecule has 6 heteroatoms. The summed E-state index contributed by atoms with van der Waals surface area (Å²) < 4.78 is 43.1. The van der Waals surface area contributed by atoms with Crippen LogP contribution in [-0.4, -0.2) is 4.37 Å². The van der Waals surface area contributed by atoms with Crippen LogP contribution in [0, 0.1) is 0 Å². The zero-order chi connectivity index (χ0) is 14.8. The minimum Gasteiger partial charge on any atom is -0.192 e. The van der Waals surface area contributed by atoms with Crippen molar-refractivity contribution in [2.45, 2.75) is 32.4 Å². The second-order valence-electron chi connectivity index (χ2n) is 4.45. The average Bonchev–Trinajstić information content (AvgIpc) is 2.81. The van der Waals surface area contributed by atoms with E-state index in [1.54, 1.807) is 24.3 Å². The summed E-state index contributed by atoms with van der Waals surface area (Å²) in [5, 5.41) is 0.551. The summed E-state index contributed by atoms with van der Waals surface area (Å²) in [4.78, 5) is -0.587. The number of unbranched alkanes of at least 4 members (excludes halogenated alkanes) is 1. The zero-order valence-corrected chi connectivity index (χ0v) is 12.4. The van der Waals surface area contributed by atoms with E-state index in [0.29, 0.717) is 46.2 Å². The summed E-state index contributed by atoms with van der Waals surface area (Å²) in [7, 11) is 0. The standard InChI is InChI=1S/C14H13ClF3NS/c1-2-3-4-11-12(9-5-7-10(15)8-6-9)19-20-13(11)14(16,17)18/h5-8H,2-4H2,1H3. The summed E-state index contributed by atoms with van der Waals surface area (Å²) in [5.41, 5.74) is 1.39. The first kappa shape index (κ1) is 15.3. The van der Waals surface area contributed by atoms with Gasteiger partial charge in [-0.1, -0.05) is 37.1 Å². The van der Waals surface area contributed by atoms with Gasteiger partial charge >= 0.3 is 6.18 Å². The highest BCUT2D eigenvalue weighted by Crippen LogP contribution is 2.40. The number of aromatic nitrogens is 1. The SMILES string of the molecule is CCCCc1c(-c2ccc(Cl)cc2)nsc1C(F)(F)F. The molecule has 0 unspecified atom stereocenters. The van der Waals surface area contributed by atoms with Crippen LogP contribution in [0.2, 0.25) is 5.02 Å². The van der Waals surface area contributed by atoms with Crippen LogP contribution in [0.1, 0.15) is 30.2 Å². The quantitative estimate of drug-likeness (QED) is 0.691. The first-order chi connectivity index (χ1) is 9.43. The number of nitrogens with zero attached hydrogens (tertiary/aromatic N) is 1. The lowest BCUT2D eigenvalue weighted by atomic mass is 10.0. The summed E-state index contributed by atoms with van der Waals surface area (Å²) in [5.74, 6) is 0. The first-order valence-electron chi connectivity index (χ1n) is 6.25. The molecule has 0 bridgehead atoms. The van der Waals surface area contributed by atoms with Crippen LogP contribution in [0.4, 0.5) is 13.2 Å². The lowest BCUT2D eigenvalue weighted by molar-refractivity contribution is -0.134. The van der Waals surface area contributed by atoms with Gasteiger partial charge in [-0.05, 0) is 36.5 Å². The molecular formula is C14H13ClF3NS. The summed E-state index contributed by atoms with van der Waals surface area (Å²) in [6.07, 6.45) is -2.40. The molecule has 0 spiro atoms. The minimum atomic E-state index is -4.34. The fraction of sp³-hybridized carbons (Fsp3) is 0.357. The molecule has 2 rings (SSSR count). The van der Waals surface area contributed by atoms with E-state index >= 15 is 0 Å². The van der Waals surface area contributed by atoms with Crippen molar-refractivity contribution in [2.24, 2.45) is 0 Å². The maximum atomic E-state index is 13.0. The molecule has 0 aliphatic carbocycles. The van der Waals surface area contributed by atoms with Crippen LogP contribution in [0.3, 0.4) is 0 Å². The zero-order valence-electron chi connectivity index (χ0n) is 10.8. The topological polar surface area (TPSA) is 12.9 Å². The molecular weight excluding hydrogens is 307 g/mol. The largest absolute Gasteiger partial charge is 0.427 e.